The third-order valence-corrected chi connectivity index (χ3v) is 3.38. The van der Waals surface area contributed by atoms with Crippen LogP contribution in [0.1, 0.15) is 5.56 Å². The van der Waals surface area contributed by atoms with E-state index >= 15 is 0 Å². The Morgan fingerprint density at radius 3 is 2.78 bits per heavy atom. The van der Waals surface area contributed by atoms with Crippen molar-refractivity contribution in [3.8, 4) is 0 Å². The number of ether oxygens (including phenoxy) is 2. The second kappa shape index (κ2) is 8.58. The van der Waals surface area contributed by atoms with Gasteiger partial charge in [0.25, 0.3) is 0 Å². The number of halogens is 2. The summed E-state index contributed by atoms with van der Waals surface area (Å²) in [4.78, 5) is 0. The maximum atomic E-state index is 13.0. The van der Waals surface area contributed by atoms with Crippen LogP contribution in [0.4, 0.5) is 4.39 Å². The molecule has 0 spiro atoms. The van der Waals surface area contributed by atoms with Crippen LogP contribution in [0.2, 0.25) is 0 Å². The van der Waals surface area contributed by atoms with Gasteiger partial charge in [0.05, 0.1) is 19.8 Å². The van der Waals surface area contributed by atoms with Crippen molar-refractivity contribution in [1.82, 2.24) is 5.32 Å². The molecule has 5 heteroatoms. The van der Waals surface area contributed by atoms with E-state index in [1.807, 2.05) is 7.05 Å². The molecule has 0 aliphatic heterocycles. The van der Waals surface area contributed by atoms with Gasteiger partial charge in [0.1, 0.15) is 5.82 Å². The second-order valence-corrected chi connectivity index (χ2v) is 4.85. The molecule has 0 amide bonds. The lowest BCUT2D eigenvalue weighted by molar-refractivity contribution is 0.0597. The average Bonchev–Trinajstić information content (AvgIpc) is 2.35. The van der Waals surface area contributed by atoms with Crippen LogP contribution >= 0.6 is 15.9 Å². The molecule has 1 rings (SSSR count). The number of rotatable bonds is 8. The molecule has 0 saturated carbocycles. The first-order valence-corrected chi connectivity index (χ1v) is 6.64. The van der Waals surface area contributed by atoms with Crippen LogP contribution in [0.15, 0.2) is 22.7 Å². The Morgan fingerprint density at radius 2 is 2.17 bits per heavy atom. The molecular weight excluding hydrogens is 301 g/mol. The molecule has 1 aromatic carbocycles. The molecule has 1 aromatic rings. The molecular formula is C13H19BrFNO2. The summed E-state index contributed by atoms with van der Waals surface area (Å²) in [5, 5.41) is 3.19. The van der Waals surface area contributed by atoms with Crippen LogP contribution < -0.4 is 5.32 Å². The number of benzene rings is 1. The minimum absolute atomic E-state index is 0.198. The van der Waals surface area contributed by atoms with Gasteiger partial charge in [0.15, 0.2) is 0 Å². The molecule has 3 nitrogen and oxygen atoms in total. The molecule has 0 aliphatic rings. The summed E-state index contributed by atoms with van der Waals surface area (Å²) in [6, 6.07) is 4.94. The van der Waals surface area contributed by atoms with Gasteiger partial charge < -0.3 is 14.8 Å². The van der Waals surface area contributed by atoms with E-state index in [4.69, 9.17) is 9.47 Å². The Hall–Kier alpha value is -0.490. The largest absolute Gasteiger partial charge is 0.382 e. The van der Waals surface area contributed by atoms with Gasteiger partial charge in [-0.3, -0.25) is 0 Å². The summed E-state index contributed by atoms with van der Waals surface area (Å²) in [6.45, 7) is 1.78. The molecule has 1 atom stereocenters. The van der Waals surface area contributed by atoms with Crippen molar-refractivity contribution in [3.63, 3.8) is 0 Å². The van der Waals surface area contributed by atoms with Crippen molar-refractivity contribution >= 4 is 15.9 Å². The molecule has 0 aliphatic carbocycles. The van der Waals surface area contributed by atoms with Crippen LogP contribution in [-0.2, 0) is 15.9 Å². The molecule has 0 bridgehead atoms. The van der Waals surface area contributed by atoms with Gasteiger partial charge in [-0.1, -0.05) is 22.0 Å². The van der Waals surface area contributed by atoms with Gasteiger partial charge in [-0.25, -0.2) is 4.39 Å². The average molecular weight is 320 g/mol. The van der Waals surface area contributed by atoms with E-state index < -0.39 is 0 Å². The van der Waals surface area contributed by atoms with E-state index in [2.05, 4.69) is 21.2 Å². The van der Waals surface area contributed by atoms with Crippen molar-refractivity contribution in [3.05, 3.63) is 34.1 Å². The predicted molar refractivity (Wildman–Crippen MR) is 73.3 cm³/mol. The standard InChI is InChI=1S/C13H19BrFNO2/c1-16-12(9-18-6-5-17-2)7-10-3-4-11(15)8-13(10)14/h3-4,8,12,16H,5-7,9H2,1-2H3. The summed E-state index contributed by atoms with van der Waals surface area (Å²) in [7, 11) is 3.54. The van der Waals surface area contributed by atoms with Gasteiger partial charge in [0, 0.05) is 17.6 Å². The highest BCUT2D eigenvalue weighted by Crippen LogP contribution is 2.19. The smallest absolute Gasteiger partial charge is 0.124 e. The Labute approximate surface area is 116 Å². The summed E-state index contributed by atoms with van der Waals surface area (Å²) < 4.78 is 24.2. The summed E-state index contributed by atoms with van der Waals surface area (Å²) in [6.07, 6.45) is 0.782. The van der Waals surface area contributed by atoms with Crippen LogP contribution in [0, 0.1) is 5.82 Å². The molecule has 102 valence electrons. The Balaban J connectivity index is 2.46. The summed E-state index contributed by atoms with van der Waals surface area (Å²) in [5.74, 6) is -0.233. The fourth-order valence-electron chi connectivity index (χ4n) is 1.56. The Morgan fingerprint density at radius 1 is 1.39 bits per heavy atom. The van der Waals surface area contributed by atoms with Gasteiger partial charge in [-0.2, -0.15) is 0 Å². The summed E-state index contributed by atoms with van der Waals surface area (Å²) in [5.41, 5.74) is 1.06. The van der Waals surface area contributed by atoms with E-state index in [1.165, 1.54) is 12.1 Å². The van der Waals surface area contributed by atoms with Gasteiger partial charge in [-0.15, -0.1) is 0 Å². The van der Waals surface area contributed by atoms with Crippen LogP contribution in [-0.4, -0.2) is 40.0 Å². The van der Waals surface area contributed by atoms with Crippen molar-refractivity contribution in [1.29, 1.82) is 0 Å². The van der Waals surface area contributed by atoms with E-state index in [0.29, 0.717) is 19.8 Å². The number of likely N-dealkylation sites (N-methyl/N-ethyl adjacent to an activating group) is 1. The SMILES string of the molecule is CNC(COCCOC)Cc1ccc(F)cc1Br. The number of hydrogen-bond donors (Lipinski definition) is 1. The second-order valence-electron chi connectivity index (χ2n) is 3.99. The van der Waals surface area contributed by atoms with Crippen LogP contribution in [0.25, 0.3) is 0 Å². The lowest BCUT2D eigenvalue weighted by atomic mass is 10.1. The molecule has 1 unspecified atom stereocenters. The first kappa shape index (κ1) is 15.6. The molecule has 18 heavy (non-hydrogen) atoms. The monoisotopic (exact) mass is 319 g/mol. The fourth-order valence-corrected chi connectivity index (χ4v) is 2.08. The van der Waals surface area contributed by atoms with E-state index in [9.17, 15) is 4.39 Å². The first-order valence-electron chi connectivity index (χ1n) is 5.85. The number of nitrogens with one attached hydrogen (secondary N) is 1. The zero-order chi connectivity index (χ0) is 13.4. The molecule has 0 heterocycles. The van der Waals surface area contributed by atoms with Gasteiger partial charge in [0.2, 0.25) is 0 Å². The Bertz CT molecular complexity index is 363. The third-order valence-electron chi connectivity index (χ3n) is 2.64. The first-order chi connectivity index (χ1) is 8.67. The van der Waals surface area contributed by atoms with E-state index in [1.54, 1.807) is 13.2 Å². The lowest BCUT2D eigenvalue weighted by Crippen LogP contribution is -2.33. The van der Waals surface area contributed by atoms with Gasteiger partial charge in [-0.05, 0) is 31.2 Å². The molecule has 0 fully saturated rings. The minimum atomic E-state index is -0.233. The zero-order valence-electron chi connectivity index (χ0n) is 10.7. The fraction of sp³-hybridized carbons (Fsp3) is 0.538. The maximum absolute atomic E-state index is 13.0. The highest BCUT2D eigenvalue weighted by Gasteiger charge is 2.10. The van der Waals surface area contributed by atoms with Crippen LogP contribution in [0.3, 0.4) is 0 Å². The zero-order valence-corrected chi connectivity index (χ0v) is 12.3. The topological polar surface area (TPSA) is 30.5 Å². The number of hydrogen-bond acceptors (Lipinski definition) is 3. The minimum Gasteiger partial charge on any atom is -0.382 e. The Kier molecular flexibility index (Phi) is 7.42. The quantitative estimate of drug-likeness (QED) is 0.746. The van der Waals surface area contributed by atoms with E-state index in [-0.39, 0.29) is 11.9 Å². The molecule has 1 N–H and O–H groups in total. The highest BCUT2D eigenvalue weighted by molar-refractivity contribution is 9.10. The summed E-state index contributed by atoms with van der Waals surface area (Å²) >= 11 is 3.37. The van der Waals surface area contributed by atoms with Crippen molar-refractivity contribution in [2.24, 2.45) is 0 Å². The van der Waals surface area contributed by atoms with Crippen molar-refractivity contribution in [2.75, 3.05) is 34.0 Å². The molecule has 0 saturated heterocycles. The van der Waals surface area contributed by atoms with Crippen LogP contribution in [0.5, 0.6) is 0 Å². The number of methoxy groups -OCH3 is 1. The molecule has 0 radical (unpaired) electrons. The predicted octanol–water partition coefficient (Wildman–Crippen LogP) is 2.38. The van der Waals surface area contributed by atoms with E-state index in [0.717, 1.165) is 16.5 Å². The van der Waals surface area contributed by atoms with Gasteiger partial charge >= 0.3 is 0 Å². The van der Waals surface area contributed by atoms with Crippen molar-refractivity contribution in [2.45, 2.75) is 12.5 Å². The highest BCUT2D eigenvalue weighted by atomic mass is 79.9. The third kappa shape index (κ3) is 5.44. The van der Waals surface area contributed by atoms with Crippen molar-refractivity contribution < 1.29 is 13.9 Å². The lowest BCUT2D eigenvalue weighted by Gasteiger charge is -2.17. The molecule has 0 aromatic heterocycles. The normalized spacial score (nSPS) is 12.7. The maximum Gasteiger partial charge on any atom is 0.124 e.